The minimum Gasteiger partial charge on any atom is -0.383 e. The monoisotopic (exact) mass is 563 g/mol. The maximum Gasteiger partial charge on any atom is 0.433 e. The molecule has 6 rings (SSSR count). The van der Waals surface area contributed by atoms with Crippen LogP contribution in [0.5, 0.6) is 0 Å². The zero-order chi connectivity index (χ0) is 29.1. The van der Waals surface area contributed by atoms with Crippen LogP contribution in [-0.4, -0.2) is 56.5 Å². The number of nitrogens with two attached hydrogens (primary N) is 1. The van der Waals surface area contributed by atoms with Crippen LogP contribution >= 0.6 is 0 Å². The fourth-order valence-corrected chi connectivity index (χ4v) is 5.36. The van der Waals surface area contributed by atoms with Crippen molar-refractivity contribution in [3.63, 3.8) is 0 Å². The number of fused-ring (bicyclic) bond motifs is 2. The van der Waals surface area contributed by atoms with Gasteiger partial charge >= 0.3 is 6.18 Å². The number of nitrogens with zero attached hydrogens (tertiary/aromatic N) is 5. The van der Waals surface area contributed by atoms with Crippen LogP contribution in [0.15, 0.2) is 61.3 Å². The van der Waals surface area contributed by atoms with Crippen LogP contribution in [0.1, 0.15) is 36.1 Å². The Balaban J connectivity index is 0.000000237. The van der Waals surface area contributed by atoms with Crippen molar-refractivity contribution in [2.24, 2.45) is 0 Å². The second kappa shape index (κ2) is 11.7. The number of benzene rings is 1. The normalized spacial score (nSPS) is 15.4. The molecule has 2 aliphatic rings. The maximum atomic E-state index is 13.3. The predicted octanol–water partition coefficient (Wildman–Crippen LogP) is 4.96. The molecule has 1 aromatic carbocycles. The van der Waals surface area contributed by atoms with Gasteiger partial charge in [-0.3, -0.25) is 9.36 Å². The quantitative estimate of drug-likeness (QED) is 0.341. The first-order valence-corrected chi connectivity index (χ1v) is 13.6. The first-order chi connectivity index (χ1) is 19.7. The lowest BCUT2D eigenvalue weighted by atomic mass is 10.1. The highest BCUT2D eigenvalue weighted by molar-refractivity contribution is 5.87. The average Bonchev–Trinajstić information content (AvgIpc) is 3.60. The summed E-state index contributed by atoms with van der Waals surface area (Å²) < 4.78 is 41.5. The van der Waals surface area contributed by atoms with E-state index in [1.807, 2.05) is 30.1 Å². The number of nitrogen functional groups attached to an aromatic ring is 1. The van der Waals surface area contributed by atoms with Crippen molar-refractivity contribution in [1.29, 1.82) is 0 Å². The molecule has 214 valence electrons. The van der Waals surface area contributed by atoms with Crippen molar-refractivity contribution in [3.05, 3.63) is 78.1 Å². The number of amides is 1. The van der Waals surface area contributed by atoms with Gasteiger partial charge in [-0.15, -0.1) is 0 Å². The molecule has 0 spiro atoms. The third-order valence-electron chi connectivity index (χ3n) is 7.60. The molecule has 0 bridgehead atoms. The van der Waals surface area contributed by atoms with Crippen LogP contribution in [-0.2, 0) is 23.8 Å². The molecule has 4 heterocycles. The largest absolute Gasteiger partial charge is 0.433 e. The van der Waals surface area contributed by atoms with Gasteiger partial charge in [-0.2, -0.15) is 13.2 Å². The van der Waals surface area contributed by atoms with E-state index in [1.165, 1.54) is 23.3 Å². The number of piperidine rings is 1. The SMILES string of the molecule is C=CC(=O)N1CCC(NC)CC1.Nc1ncccc1-c1nc2ccc(C(F)(F)F)nc2n1-c1ccc2c(c1)CCC2. The summed E-state index contributed by atoms with van der Waals surface area (Å²) in [5, 5.41) is 3.22. The van der Waals surface area contributed by atoms with Gasteiger partial charge in [-0.05, 0) is 92.8 Å². The van der Waals surface area contributed by atoms with E-state index in [2.05, 4.69) is 26.8 Å². The first kappa shape index (κ1) is 28.3. The van der Waals surface area contributed by atoms with E-state index in [0.29, 0.717) is 28.6 Å². The van der Waals surface area contributed by atoms with Crippen LogP contribution in [0.25, 0.3) is 28.2 Å². The summed E-state index contributed by atoms with van der Waals surface area (Å²) in [7, 11) is 1.97. The third kappa shape index (κ3) is 5.95. The molecule has 1 fully saturated rings. The van der Waals surface area contributed by atoms with Crippen LogP contribution in [0, 0.1) is 0 Å². The molecule has 8 nitrogen and oxygen atoms in total. The van der Waals surface area contributed by atoms with Crippen molar-refractivity contribution in [1.82, 2.24) is 29.7 Å². The molecule has 0 atom stereocenters. The number of rotatable bonds is 4. The van der Waals surface area contributed by atoms with Crippen molar-refractivity contribution in [2.45, 2.75) is 44.3 Å². The number of imidazole rings is 1. The van der Waals surface area contributed by atoms with Gasteiger partial charge in [0.15, 0.2) is 11.5 Å². The summed E-state index contributed by atoms with van der Waals surface area (Å²) in [6.45, 7) is 5.18. The highest BCUT2D eigenvalue weighted by atomic mass is 19.4. The number of nitrogens with one attached hydrogen (secondary N) is 1. The molecule has 4 aromatic rings. The number of aryl methyl sites for hydroxylation is 2. The summed E-state index contributed by atoms with van der Waals surface area (Å²) >= 11 is 0. The summed E-state index contributed by atoms with van der Waals surface area (Å²) in [6.07, 6.45) is 3.53. The average molecular weight is 564 g/mol. The number of carbonyl (C=O) groups is 1. The number of hydrogen-bond acceptors (Lipinski definition) is 6. The molecule has 11 heteroatoms. The molecule has 1 aliphatic carbocycles. The lowest BCUT2D eigenvalue weighted by molar-refractivity contribution is -0.141. The molecule has 1 amide bonds. The van der Waals surface area contributed by atoms with Gasteiger partial charge in [0.05, 0.1) is 5.56 Å². The van der Waals surface area contributed by atoms with Crippen LogP contribution in [0.2, 0.25) is 0 Å². The van der Waals surface area contributed by atoms with Gasteiger partial charge in [-0.1, -0.05) is 12.6 Å². The Morgan fingerprint density at radius 2 is 1.85 bits per heavy atom. The summed E-state index contributed by atoms with van der Waals surface area (Å²) in [5.74, 6) is 0.723. The number of halogens is 3. The van der Waals surface area contributed by atoms with Gasteiger partial charge in [0, 0.05) is 31.0 Å². The number of pyridine rings is 2. The maximum absolute atomic E-state index is 13.3. The fourth-order valence-electron chi connectivity index (χ4n) is 5.36. The summed E-state index contributed by atoms with van der Waals surface area (Å²) in [6, 6.07) is 12.2. The van der Waals surface area contributed by atoms with E-state index < -0.39 is 11.9 Å². The van der Waals surface area contributed by atoms with Gasteiger partial charge in [0.1, 0.15) is 17.0 Å². The van der Waals surface area contributed by atoms with E-state index in [-0.39, 0.29) is 17.4 Å². The molecule has 1 saturated heterocycles. The van der Waals surface area contributed by atoms with E-state index >= 15 is 0 Å². The number of hydrogen-bond donors (Lipinski definition) is 2. The molecule has 0 unspecified atom stereocenters. The topological polar surface area (TPSA) is 102 Å². The van der Waals surface area contributed by atoms with Gasteiger partial charge < -0.3 is 16.0 Å². The molecule has 3 N–H and O–H groups in total. The minimum absolute atomic E-state index is 0.0598. The zero-order valence-electron chi connectivity index (χ0n) is 22.8. The Morgan fingerprint density at radius 1 is 1.10 bits per heavy atom. The molecule has 0 radical (unpaired) electrons. The highest BCUT2D eigenvalue weighted by Gasteiger charge is 2.33. The van der Waals surface area contributed by atoms with Gasteiger partial charge in [0.2, 0.25) is 5.91 Å². The second-order valence-corrected chi connectivity index (χ2v) is 10.1. The highest BCUT2D eigenvalue weighted by Crippen LogP contribution is 2.34. The van der Waals surface area contributed by atoms with Gasteiger partial charge in [0.25, 0.3) is 0 Å². The van der Waals surface area contributed by atoms with Crippen molar-refractivity contribution in [3.8, 4) is 17.1 Å². The molecule has 3 aromatic heterocycles. The van der Waals surface area contributed by atoms with Crippen molar-refractivity contribution < 1.29 is 18.0 Å². The van der Waals surface area contributed by atoms with E-state index in [1.54, 1.807) is 22.9 Å². The van der Waals surface area contributed by atoms with Crippen molar-refractivity contribution in [2.75, 3.05) is 25.9 Å². The first-order valence-electron chi connectivity index (χ1n) is 13.6. The standard InChI is InChI=1S/C21H16F3N5.C9H16N2O/c22-21(23,24)17-9-8-16-20(28-17)29(14-7-6-12-3-1-4-13(12)11-14)19(27-16)15-5-2-10-26-18(15)25;1-3-9(12)11-6-4-8(10-2)5-7-11/h2,5-11H,1,3-4H2,(H2,25,26);3,8,10H,1,4-7H2,2H3. The summed E-state index contributed by atoms with van der Waals surface area (Å²) in [5.41, 5.74) is 9.29. The second-order valence-electron chi connectivity index (χ2n) is 10.1. The lowest BCUT2D eigenvalue weighted by Crippen LogP contribution is -2.43. The molecular formula is C30H32F3N7O. The van der Waals surface area contributed by atoms with E-state index in [4.69, 9.17) is 5.73 Å². The Bertz CT molecular complexity index is 1570. The Labute approximate surface area is 236 Å². The van der Waals surface area contributed by atoms with E-state index in [0.717, 1.165) is 51.3 Å². The third-order valence-corrected chi connectivity index (χ3v) is 7.60. The minimum atomic E-state index is -4.55. The Morgan fingerprint density at radius 3 is 2.54 bits per heavy atom. The van der Waals surface area contributed by atoms with Crippen LogP contribution in [0.4, 0.5) is 19.0 Å². The Kier molecular flexibility index (Phi) is 8.07. The zero-order valence-corrected chi connectivity index (χ0v) is 22.8. The lowest BCUT2D eigenvalue weighted by Gasteiger charge is -2.30. The summed E-state index contributed by atoms with van der Waals surface area (Å²) in [4.78, 5) is 25.6. The predicted molar refractivity (Wildman–Crippen MR) is 152 cm³/mol. The molecule has 0 saturated carbocycles. The number of alkyl halides is 3. The van der Waals surface area contributed by atoms with Crippen LogP contribution < -0.4 is 11.1 Å². The van der Waals surface area contributed by atoms with Gasteiger partial charge in [-0.25, -0.2) is 15.0 Å². The number of aromatic nitrogens is 4. The van der Waals surface area contributed by atoms with E-state index in [9.17, 15) is 18.0 Å². The smallest absolute Gasteiger partial charge is 0.383 e. The van der Waals surface area contributed by atoms with Crippen molar-refractivity contribution >= 4 is 22.9 Å². The molecular weight excluding hydrogens is 531 g/mol. The Hall–Kier alpha value is -4.25. The molecule has 41 heavy (non-hydrogen) atoms. The fraction of sp³-hybridized carbons (Fsp3) is 0.333. The number of anilines is 1. The van der Waals surface area contributed by atoms with Crippen LogP contribution in [0.3, 0.4) is 0 Å². The molecule has 1 aliphatic heterocycles. The number of carbonyl (C=O) groups excluding carboxylic acids is 1. The number of likely N-dealkylation sites (tertiary alicyclic amines) is 1.